The number of amides is 1. The Kier molecular flexibility index (Phi) is 5.66. The van der Waals surface area contributed by atoms with Gasteiger partial charge >= 0.3 is 0 Å². The minimum Gasteiger partial charge on any atom is -0.390 e. The number of aldehydes is 1. The van der Waals surface area contributed by atoms with Crippen molar-refractivity contribution < 1.29 is 19.8 Å². The van der Waals surface area contributed by atoms with E-state index in [1.54, 1.807) is 18.2 Å². The van der Waals surface area contributed by atoms with E-state index in [0.29, 0.717) is 17.4 Å². The van der Waals surface area contributed by atoms with Crippen LogP contribution in [-0.2, 0) is 4.79 Å². The summed E-state index contributed by atoms with van der Waals surface area (Å²) in [6, 6.07) is 5.06. The molecule has 0 saturated carbocycles. The van der Waals surface area contributed by atoms with Gasteiger partial charge in [-0.15, -0.1) is 0 Å². The molecule has 0 aliphatic heterocycles. The number of aliphatic hydroxyl groups is 2. The SMILES string of the molecule is CC(=O)NCCC(O)C(O)c1ccc(C)cc1C=O. The van der Waals surface area contributed by atoms with Crippen molar-refractivity contribution in [2.45, 2.75) is 32.5 Å². The smallest absolute Gasteiger partial charge is 0.216 e. The molecule has 0 aliphatic carbocycles. The standard InChI is InChI=1S/C14H19NO4/c1-9-3-4-12(11(7-9)8-16)14(19)13(18)5-6-15-10(2)17/h3-4,7-8,13-14,18-19H,5-6H2,1-2H3,(H,15,17). The van der Waals surface area contributed by atoms with E-state index in [4.69, 9.17) is 0 Å². The van der Waals surface area contributed by atoms with E-state index < -0.39 is 12.2 Å². The Hall–Kier alpha value is -1.72. The second-order valence-electron chi connectivity index (χ2n) is 4.53. The van der Waals surface area contributed by atoms with Gasteiger partial charge in [-0.25, -0.2) is 0 Å². The van der Waals surface area contributed by atoms with Crippen LogP contribution in [0.4, 0.5) is 0 Å². The van der Waals surface area contributed by atoms with Crippen molar-refractivity contribution in [2.75, 3.05) is 6.54 Å². The van der Waals surface area contributed by atoms with Crippen LogP contribution in [0.5, 0.6) is 0 Å². The Balaban J connectivity index is 2.73. The highest BCUT2D eigenvalue weighted by Crippen LogP contribution is 2.22. The first-order chi connectivity index (χ1) is 8.95. The van der Waals surface area contributed by atoms with Gasteiger partial charge in [0.15, 0.2) is 0 Å². The Bertz CT molecular complexity index is 459. The number of aryl methyl sites for hydroxylation is 1. The van der Waals surface area contributed by atoms with Crippen molar-refractivity contribution in [2.24, 2.45) is 0 Å². The van der Waals surface area contributed by atoms with Crippen LogP contribution in [0.2, 0.25) is 0 Å². The van der Waals surface area contributed by atoms with Crippen molar-refractivity contribution in [3.8, 4) is 0 Å². The second kappa shape index (κ2) is 7.01. The van der Waals surface area contributed by atoms with Crippen molar-refractivity contribution in [1.82, 2.24) is 5.32 Å². The monoisotopic (exact) mass is 265 g/mol. The minimum absolute atomic E-state index is 0.189. The first-order valence-corrected chi connectivity index (χ1v) is 6.12. The molecule has 1 amide bonds. The third kappa shape index (κ3) is 4.46. The summed E-state index contributed by atoms with van der Waals surface area (Å²) in [7, 11) is 0. The molecule has 0 heterocycles. The van der Waals surface area contributed by atoms with Gasteiger partial charge in [-0.05, 0) is 25.0 Å². The molecule has 2 unspecified atom stereocenters. The quantitative estimate of drug-likeness (QED) is 0.662. The normalized spacial score (nSPS) is 13.7. The van der Waals surface area contributed by atoms with Gasteiger partial charge in [0.1, 0.15) is 12.4 Å². The van der Waals surface area contributed by atoms with Crippen LogP contribution < -0.4 is 5.32 Å². The highest BCUT2D eigenvalue weighted by atomic mass is 16.3. The van der Waals surface area contributed by atoms with Crippen LogP contribution in [0.1, 0.15) is 40.9 Å². The first-order valence-electron chi connectivity index (χ1n) is 6.12. The van der Waals surface area contributed by atoms with Crippen LogP contribution in [0.25, 0.3) is 0 Å². The van der Waals surface area contributed by atoms with Gasteiger partial charge in [0.05, 0.1) is 6.10 Å². The molecule has 19 heavy (non-hydrogen) atoms. The average molecular weight is 265 g/mol. The molecule has 0 saturated heterocycles. The third-order valence-corrected chi connectivity index (χ3v) is 2.87. The van der Waals surface area contributed by atoms with Crippen molar-refractivity contribution in [1.29, 1.82) is 0 Å². The van der Waals surface area contributed by atoms with Crippen LogP contribution >= 0.6 is 0 Å². The largest absolute Gasteiger partial charge is 0.390 e. The van der Waals surface area contributed by atoms with Crippen molar-refractivity contribution >= 4 is 12.2 Å². The molecule has 104 valence electrons. The zero-order valence-corrected chi connectivity index (χ0v) is 11.1. The molecule has 1 aromatic rings. The lowest BCUT2D eigenvalue weighted by molar-refractivity contribution is -0.119. The molecule has 0 radical (unpaired) electrons. The highest BCUT2D eigenvalue weighted by Gasteiger charge is 2.20. The molecule has 2 atom stereocenters. The van der Waals surface area contributed by atoms with E-state index >= 15 is 0 Å². The molecule has 5 nitrogen and oxygen atoms in total. The van der Waals surface area contributed by atoms with Gasteiger partial charge in [0.25, 0.3) is 0 Å². The predicted octanol–water partition coefficient (Wildman–Crippen LogP) is 0.728. The van der Waals surface area contributed by atoms with E-state index in [1.165, 1.54) is 6.92 Å². The summed E-state index contributed by atoms with van der Waals surface area (Å²) in [5, 5.41) is 22.4. The Morgan fingerprint density at radius 1 is 1.42 bits per heavy atom. The number of carbonyl (C=O) groups is 2. The Morgan fingerprint density at radius 3 is 2.68 bits per heavy atom. The summed E-state index contributed by atoms with van der Waals surface area (Å²) in [5.74, 6) is -0.189. The Morgan fingerprint density at radius 2 is 2.11 bits per heavy atom. The van der Waals surface area contributed by atoms with Gasteiger partial charge in [-0.1, -0.05) is 17.7 Å². The third-order valence-electron chi connectivity index (χ3n) is 2.87. The average Bonchev–Trinajstić information content (AvgIpc) is 2.37. The zero-order chi connectivity index (χ0) is 14.4. The molecule has 0 fully saturated rings. The zero-order valence-electron chi connectivity index (χ0n) is 11.1. The number of nitrogens with one attached hydrogen (secondary N) is 1. The lowest BCUT2D eigenvalue weighted by Crippen LogP contribution is -2.28. The predicted molar refractivity (Wildman–Crippen MR) is 70.8 cm³/mol. The van der Waals surface area contributed by atoms with Crippen LogP contribution in [0.15, 0.2) is 18.2 Å². The summed E-state index contributed by atoms with van der Waals surface area (Å²) >= 11 is 0. The topological polar surface area (TPSA) is 86.6 Å². The number of rotatable bonds is 6. The minimum atomic E-state index is -1.14. The summed E-state index contributed by atoms with van der Waals surface area (Å²) < 4.78 is 0. The van der Waals surface area contributed by atoms with E-state index in [2.05, 4.69) is 5.32 Å². The number of hydrogen-bond donors (Lipinski definition) is 3. The highest BCUT2D eigenvalue weighted by molar-refractivity contribution is 5.78. The molecule has 1 aromatic carbocycles. The maximum Gasteiger partial charge on any atom is 0.216 e. The fourth-order valence-corrected chi connectivity index (χ4v) is 1.83. The van der Waals surface area contributed by atoms with Gasteiger partial charge in [-0.2, -0.15) is 0 Å². The lowest BCUT2D eigenvalue weighted by atomic mass is 9.96. The molecule has 0 spiro atoms. The van der Waals surface area contributed by atoms with Crippen LogP contribution in [0, 0.1) is 6.92 Å². The van der Waals surface area contributed by atoms with Gasteiger partial charge in [0.2, 0.25) is 5.91 Å². The molecule has 0 aliphatic rings. The summed E-state index contributed by atoms with van der Waals surface area (Å²) in [4.78, 5) is 21.7. The first kappa shape index (κ1) is 15.3. The van der Waals surface area contributed by atoms with Gasteiger partial charge < -0.3 is 15.5 Å². The molecule has 0 aromatic heterocycles. The van der Waals surface area contributed by atoms with Gasteiger partial charge in [-0.3, -0.25) is 9.59 Å². The van der Waals surface area contributed by atoms with Crippen LogP contribution in [0.3, 0.4) is 0 Å². The molecule has 3 N–H and O–H groups in total. The molecule has 0 bridgehead atoms. The summed E-state index contributed by atoms with van der Waals surface area (Å²) in [6.45, 7) is 3.50. The van der Waals surface area contributed by atoms with Gasteiger partial charge in [0, 0.05) is 19.0 Å². The number of carbonyl (C=O) groups excluding carboxylic acids is 2. The maximum atomic E-state index is 11.0. The fraction of sp³-hybridized carbons (Fsp3) is 0.429. The van der Waals surface area contributed by atoms with Crippen LogP contribution in [-0.4, -0.2) is 35.1 Å². The second-order valence-corrected chi connectivity index (χ2v) is 4.53. The van der Waals surface area contributed by atoms with E-state index in [0.717, 1.165) is 5.56 Å². The summed E-state index contributed by atoms with van der Waals surface area (Å²) in [5.41, 5.74) is 1.67. The Labute approximate surface area is 112 Å². The van der Waals surface area contributed by atoms with E-state index in [1.807, 2.05) is 6.92 Å². The van der Waals surface area contributed by atoms with Crippen molar-refractivity contribution in [3.05, 3.63) is 34.9 Å². The maximum absolute atomic E-state index is 11.0. The summed E-state index contributed by atoms with van der Waals surface area (Å²) in [6.07, 6.45) is -1.30. The van der Waals surface area contributed by atoms with Crippen molar-refractivity contribution in [3.63, 3.8) is 0 Å². The number of aliphatic hydroxyl groups excluding tert-OH is 2. The molecular weight excluding hydrogens is 246 g/mol. The lowest BCUT2D eigenvalue weighted by Gasteiger charge is -2.19. The molecule has 1 rings (SSSR count). The number of benzene rings is 1. The molecular formula is C14H19NO4. The number of hydrogen-bond acceptors (Lipinski definition) is 4. The fourth-order valence-electron chi connectivity index (χ4n) is 1.83. The van der Waals surface area contributed by atoms with E-state index in [-0.39, 0.29) is 18.9 Å². The molecule has 5 heteroatoms. The van der Waals surface area contributed by atoms with E-state index in [9.17, 15) is 19.8 Å².